The highest BCUT2D eigenvalue weighted by Gasteiger charge is 2.16. The van der Waals surface area contributed by atoms with Gasteiger partial charge in [0.1, 0.15) is 18.1 Å². The first kappa shape index (κ1) is 19.7. The lowest BCUT2D eigenvalue weighted by atomic mass is 10.2. The second-order valence-electron chi connectivity index (χ2n) is 5.59. The van der Waals surface area contributed by atoms with Crippen molar-refractivity contribution >= 4 is 15.9 Å². The van der Waals surface area contributed by atoms with Crippen LogP contribution in [-0.2, 0) is 10.0 Å². The average molecular weight is 378 g/mol. The van der Waals surface area contributed by atoms with Crippen molar-refractivity contribution < 1.29 is 22.7 Å². The van der Waals surface area contributed by atoms with Gasteiger partial charge in [0.15, 0.2) is 0 Å². The zero-order valence-corrected chi connectivity index (χ0v) is 15.7. The Morgan fingerprint density at radius 3 is 2.12 bits per heavy atom. The normalized spacial score (nSPS) is 11.2. The Morgan fingerprint density at radius 1 is 1.00 bits per heavy atom. The number of hydrogen-bond acceptors (Lipinski definition) is 5. The molecule has 2 aromatic rings. The Balaban J connectivity index is 1.81. The molecule has 8 heteroatoms. The molecule has 1 amide bonds. The molecular formula is C18H22N2O5S. The van der Waals surface area contributed by atoms with Crippen LogP contribution in [0.4, 0.5) is 0 Å². The highest BCUT2D eigenvalue weighted by molar-refractivity contribution is 7.89. The Bertz CT molecular complexity index is 831. The van der Waals surface area contributed by atoms with Gasteiger partial charge in [0.25, 0.3) is 5.91 Å². The summed E-state index contributed by atoms with van der Waals surface area (Å²) < 4.78 is 35.7. The lowest BCUT2D eigenvalue weighted by Crippen LogP contribution is -2.28. The number of methoxy groups -OCH3 is 1. The maximum Gasteiger partial charge on any atom is 0.251 e. The van der Waals surface area contributed by atoms with Gasteiger partial charge in [0, 0.05) is 19.7 Å². The minimum Gasteiger partial charge on any atom is -0.497 e. The molecule has 0 saturated carbocycles. The molecule has 2 aromatic carbocycles. The Hall–Kier alpha value is -2.58. The summed E-state index contributed by atoms with van der Waals surface area (Å²) in [5, 5.41) is 2.75. The smallest absolute Gasteiger partial charge is 0.251 e. The summed E-state index contributed by atoms with van der Waals surface area (Å²) in [7, 11) is 1.07. The van der Waals surface area contributed by atoms with E-state index in [1.165, 1.54) is 26.2 Å². The maximum atomic E-state index is 12.0. The van der Waals surface area contributed by atoms with Crippen molar-refractivity contribution in [2.24, 2.45) is 0 Å². The molecule has 0 aliphatic carbocycles. The third-order valence-electron chi connectivity index (χ3n) is 3.61. The van der Waals surface area contributed by atoms with E-state index in [0.29, 0.717) is 23.6 Å². The minimum atomic E-state index is -3.45. The molecule has 0 unspecified atom stereocenters. The molecule has 2 rings (SSSR count). The summed E-state index contributed by atoms with van der Waals surface area (Å²) in [5.41, 5.74) is 0.532. The number of rotatable bonds is 8. The molecule has 0 spiro atoms. The number of sulfonamides is 1. The van der Waals surface area contributed by atoms with Gasteiger partial charge < -0.3 is 14.8 Å². The molecule has 0 heterocycles. The van der Waals surface area contributed by atoms with Gasteiger partial charge >= 0.3 is 0 Å². The SMILES string of the molecule is COc1ccc(C(=O)NCCOc2ccc(S(=O)(=O)N(C)C)cc2)cc1. The Labute approximate surface area is 153 Å². The van der Waals surface area contributed by atoms with Gasteiger partial charge in [0.2, 0.25) is 10.0 Å². The van der Waals surface area contributed by atoms with E-state index in [1.807, 2.05) is 0 Å². The number of hydrogen-bond donors (Lipinski definition) is 1. The number of carbonyl (C=O) groups excluding carboxylic acids is 1. The van der Waals surface area contributed by atoms with Crippen molar-refractivity contribution in [3.63, 3.8) is 0 Å². The molecule has 0 aliphatic heterocycles. The number of amides is 1. The zero-order valence-electron chi connectivity index (χ0n) is 14.9. The van der Waals surface area contributed by atoms with Crippen LogP contribution in [0.3, 0.4) is 0 Å². The van der Waals surface area contributed by atoms with Crippen LogP contribution in [-0.4, -0.2) is 53.0 Å². The van der Waals surface area contributed by atoms with Gasteiger partial charge in [-0.15, -0.1) is 0 Å². The van der Waals surface area contributed by atoms with E-state index >= 15 is 0 Å². The van der Waals surface area contributed by atoms with Crippen LogP contribution in [0.5, 0.6) is 11.5 Å². The molecular weight excluding hydrogens is 356 g/mol. The van der Waals surface area contributed by atoms with Crippen LogP contribution in [0.1, 0.15) is 10.4 Å². The van der Waals surface area contributed by atoms with Crippen LogP contribution in [0.2, 0.25) is 0 Å². The summed E-state index contributed by atoms with van der Waals surface area (Å²) in [5.74, 6) is 1.01. The van der Waals surface area contributed by atoms with Crippen LogP contribution >= 0.6 is 0 Å². The van der Waals surface area contributed by atoms with E-state index in [0.717, 1.165) is 4.31 Å². The van der Waals surface area contributed by atoms with Crippen molar-refractivity contribution in [3.8, 4) is 11.5 Å². The van der Waals surface area contributed by atoms with Gasteiger partial charge in [-0.25, -0.2) is 12.7 Å². The molecule has 0 fully saturated rings. The third-order valence-corrected chi connectivity index (χ3v) is 5.44. The van der Waals surface area contributed by atoms with Crippen molar-refractivity contribution in [3.05, 3.63) is 54.1 Å². The molecule has 1 N–H and O–H groups in total. The van der Waals surface area contributed by atoms with E-state index in [9.17, 15) is 13.2 Å². The van der Waals surface area contributed by atoms with Crippen molar-refractivity contribution in [1.29, 1.82) is 0 Å². The predicted octanol–water partition coefficient (Wildman–Crippen LogP) is 1.75. The first-order chi connectivity index (χ1) is 12.3. The molecule has 7 nitrogen and oxygen atoms in total. The molecule has 0 saturated heterocycles. The van der Waals surface area contributed by atoms with Gasteiger partial charge in [-0.05, 0) is 48.5 Å². The molecule has 0 aromatic heterocycles. The standard InChI is InChI=1S/C18H22N2O5S/c1-20(2)26(22,23)17-10-8-16(9-11-17)25-13-12-19-18(21)14-4-6-15(24-3)7-5-14/h4-11H,12-13H2,1-3H3,(H,19,21). The predicted molar refractivity (Wildman–Crippen MR) is 98.1 cm³/mol. The summed E-state index contributed by atoms with van der Waals surface area (Å²) in [6.07, 6.45) is 0. The van der Waals surface area contributed by atoms with Crippen LogP contribution < -0.4 is 14.8 Å². The summed E-state index contributed by atoms with van der Waals surface area (Å²) in [6.45, 7) is 0.588. The quantitative estimate of drug-likeness (QED) is 0.708. The van der Waals surface area contributed by atoms with E-state index < -0.39 is 10.0 Å². The number of carbonyl (C=O) groups is 1. The van der Waals surface area contributed by atoms with E-state index in [-0.39, 0.29) is 17.4 Å². The minimum absolute atomic E-state index is 0.197. The molecule has 0 radical (unpaired) electrons. The number of benzene rings is 2. The molecule has 26 heavy (non-hydrogen) atoms. The van der Waals surface area contributed by atoms with Crippen LogP contribution in [0.25, 0.3) is 0 Å². The maximum absolute atomic E-state index is 12.0. The fourth-order valence-electron chi connectivity index (χ4n) is 2.10. The summed E-state index contributed by atoms with van der Waals surface area (Å²) >= 11 is 0. The lowest BCUT2D eigenvalue weighted by Gasteiger charge is -2.12. The van der Waals surface area contributed by atoms with Gasteiger partial charge in [-0.3, -0.25) is 4.79 Å². The highest BCUT2D eigenvalue weighted by atomic mass is 32.2. The first-order valence-corrected chi connectivity index (χ1v) is 9.36. The average Bonchev–Trinajstić information content (AvgIpc) is 2.65. The Kier molecular flexibility index (Phi) is 6.59. The van der Waals surface area contributed by atoms with E-state index in [2.05, 4.69) is 5.32 Å². The van der Waals surface area contributed by atoms with Crippen LogP contribution in [0, 0.1) is 0 Å². The molecule has 0 aliphatic rings. The number of nitrogens with zero attached hydrogens (tertiary/aromatic N) is 1. The Morgan fingerprint density at radius 2 is 1.58 bits per heavy atom. The second kappa shape index (κ2) is 8.68. The second-order valence-corrected chi connectivity index (χ2v) is 7.74. The highest BCUT2D eigenvalue weighted by Crippen LogP contribution is 2.18. The topological polar surface area (TPSA) is 84.9 Å². The number of ether oxygens (including phenoxy) is 2. The largest absolute Gasteiger partial charge is 0.497 e. The van der Waals surface area contributed by atoms with Gasteiger partial charge in [-0.1, -0.05) is 0 Å². The van der Waals surface area contributed by atoms with Crippen molar-refractivity contribution in [2.75, 3.05) is 34.4 Å². The summed E-state index contributed by atoms with van der Waals surface area (Å²) in [4.78, 5) is 12.2. The monoisotopic (exact) mass is 378 g/mol. The van der Waals surface area contributed by atoms with E-state index in [4.69, 9.17) is 9.47 Å². The van der Waals surface area contributed by atoms with Gasteiger partial charge in [0.05, 0.1) is 18.6 Å². The summed E-state index contributed by atoms with van der Waals surface area (Å²) in [6, 6.07) is 12.9. The fourth-order valence-corrected chi connectivity index (χ4v) is 3.00. The zero-order chi connectivity index (χ0) is 19.2. The van der Waals surface area contributed by atoms with E-state index in [1.54, 1.807) is 43.5 Å². The molecule has 140 valence electrons. The van der Waals surface area contributed by atoms with Crippen LogP contribution in [0.15, 0.2) is 53.4 Å². The van der Waals surface area contributed by atoms with Gasteiger partial charge in [-0.2, -0.15) is 0 Å². The number of nitrogens with one attached hydrogen (secondary N) is 1. The fraction of sp³-hybridized carbons (Fsp3) is 0.278. The van der Waals surface area contributed by atoms with Crippen molar-refractivity contribution in [2.45, 2.75) is 4.90 Å². The molecule has 0 bridgehead atoms. The first-order valence-electron chi connectivity index (χ1n) is 7.92. The lowest BCUT2D eigenvalue weighted by molar-refractivity contribution is 0.0947. The third kappa shape index (κ3) is 4.96. The molecule has 0 atom stereocenters. The van der Waals surface area contributed by atoms with Crippen molar-refractivity contribution in [1.82, 2.24) is 9.62 Å².